The van der Waals surface area contributed by atoms with Crippen LogP contribution >= 0.6 is 0 Å². The molecule has 0 saturated heterocycles. The second-order valence-corrected chi connectivity index (χ2v) is 4.98. The van der Waals surface area contributed by atoms with Crippen molar-refractivity contribution in [3.8, 4) is 0 Å². The predicted octanol–water partition coefficient (Wildman–Crippen LogP) is 3.81. The van der Waals surface area contributed by atoms with E-state index in [9.17, 15) is 4.79 Å². The number of carbonyl (C=O) groups is 1. The van der Waals surface area contributed by atoms with E-state index in [2.05, 4.69) is 27.7 Å². The third kappa shape index (κ3) is 4.67. The lowest BCUT2D eigenvalue weighted by atomic mass is 9.79. The van der Waals surface area contributed by atoms with Crippen LogP contribution in [0.15, 0.2) is 0 Å². The Morgan fingerprint density at radius 3 is 1.93 bits per heavy atom. The Morgan fingerprint density at radius 1 is 1.13 bits per heavy atom. The van der Waals surface area contributed by atoms with Crippen LogP contribution in [-0.2, 0) is 4.79 Å². The van der Waals surface area contributed by atoms with E-state index in [1.54, 1.807) is 0 Å². The van der Waals surface area contributed by atoms with E-state index in [1.807, 2.05) is 6.92 Å². The van der Waals surface area contributed by atoms with Gasteiger partial charge in [-0.05, 0) is 30.6 Å². The molecular formula is C13H26O2. The van der Waals surface area contributed by atoms with Crippen LogP contribution in [0, 0.1) is 23.7 Å². The molecular weight excluding hydrogens is 188 g/mol. The molecule has 2 nitrogen and oxygen atoms in total. The molecule has 0 aromatic heterocycles. The van der Waals surface area contributed by atoms with E-state index in [-0.39, 0.29) is 5.92 Å². The molecule has 0 rings (SSSR count). The van der Waals surface area contributed by atoms with Crippen LogP contribution in [0.2, 0.25) is 0 Å². The molecule has 90 valence electrons. The molecule has 0 aliphatic carbocycles. The van der Waals surface area contributed by atoms with Crippen molar-refractivity contribution in [1.29, 1.82) is 0 Å². The summed E-state index contributed by atoms with van der Waals surface area (Å²) in [6.07, 6.45) is 2.76. The molecule has 0 aliphatic heterocycles. The number of carboxylic acids is 1. The first-order valence-electron chi connectivity index (χ1n) is 6.16. The fourth-order valence-electron chi connectivity index (χ4n) is 2.07. The van der Waals surface area contributed by atoms with Crippen LogP contribution < -0.4 is 0 Å². The van der Waals surface area contributed by atoms with Crippen molar-refractivity contribution in [3.63, 3.8) is 0 Å². The number of hydrogen-bond donors (Lipinski definition) is 1. The standard InChI is InChI=1S/C13H26O2/c1-6-11(8-10(5)9(3)4)12(7-2)13(14)15/h9-12H,6-8H2,1-5H3,(H,14,15)/t10?,11-,12?/m1/s1. The molecule has 0 heterocycles. The summed E-state index contributed by atoms with van der Waals surface area (Å²) in [5, 5.41) is 9.13. The first-order chi connectivity index (χ1) is 6.93. The maximum absolute atomic E-state index is 11.1. The molecule has 2 unspecified atom stereocenters. The molecule has 0 aromatic rings. The Kier molecular flexibility index (Phi) is 6.62. The van der Waals surface area contributed by atoms with Crippen molar-refractivity contribution in [2.75, 3.05) is 0 Å². The molecule has 0 bridgehead atoms. The smallest absolute Gasteiger partial charge is 0.306 e. The third-order valence-corrected chi connectivity index (χ3v) is 3.66. The molecule has 3 atom stereocenters. The number of carboxylic acid groups (broad SMARTS) is 1. The number of hydrogen-bond acceptors (Lipinski definition) is 1. The van der Waals surface area contributed by atoms with Gasteiger partial charge in [-0.1, -0.05) is 41.0 Å². The van der Waals surface area contributed by atoms with Gasteiger partial charge in [0.25, 0.3) is 0 Å². The summed E-state index contributed by atoms with van der Waals surface area (Å²) in [5.74, 6) is 0.815. The quantitative estimate of drug-likeness (QED) is 0.699. The molecule has 0 amide bonds. The third-order valence-electron chi connectivity index (χ3n) is 3.66. The molecule has 15 heavy (non-hydrogen) atoms. The fourth-order valence-corrected chi connectivity index (χ4v) is 2.07. The van der Waals surface area contributed by atoms with Crippen molar-refractivity contribution < 1.29 is 9.90 Å². The molecule has 0 fully saturated rings. The predicted molar refractivity (Wildman–Crippen MR) is 63.8 cm³/mol. The van der Waals surface area contributed by atoms with E-state index in [0.29, 0.717) is 17.8 Å². The van der Waals surface area contributed by atoms with Crippen molar-refractivity contribution in [1.82, 2.24) is 0 Å². The topological polar surface area (TPSA) is 37.3 Å². The van der Waals surface area contributed by atoms with Gasteiger partial charge >= 0.3 is 5.97 Å². The van der Waals surface area contributed by atoms with Crippen molar-refractivity contribution in [2.45, 2.75) is 53.9 Å². The second-order valence-electron chi connectivity index (χ2n) is 4.98. The molecule has 0 aromatic carbocycles. The largest absolute Gasteiger partial charge is 0.481 e. The summed E-state index contributed by atoms with van der Waals surface area (Å²) in [7, 11) is 0. The first-order valence-corrected chi connectivity index (χ1v) is 6.16. The van der Waals surface area contributed by atoms with Crippen LogP contribution in [0.4, 0.5) is 0 Å². The van der Waals surface area contributed by atoms with Crippen molar-refractivity contribution >= 4 is 5.97 Å². The van der Waals surface area contributed by atoms with Crippen LogP contribution in [0.1, 0.15) is 53.9 Å². The lowest BCUT2D eigenvalue weighted by molar-refractivity contribution is -0.144. The highest BCUT2D eigenvalue weighted by Crippen LogP contribution is 2.29. The Hall–Kier alpha value is -0.530. The summed E-state index contributed by atoms with van der Waals surface area (Å²) in [6, 6.07) is 0. The highest BCUT2D eigenvalue weighted by molar-refractivity contribution is 5.70. The maximum Gasteiger partial charge on any atom is 0.306 e. The summed E-state index contributed by atoms with van der Waals surface area (Å²) in [4.78, 5) is 11.1. The average Bonchev–Trinajstić information content (AvgIpc) is 2.16. The second kappa shape index (κ2) is 6.86. The first kappa shape index (κ1) is 14.5. The minimum atomic E-state index is -0.625. The SMILES string of the molecule is CCC(C(=O)O)[C@H](CC)CC(C)C(C)C. The zero-order valence-electron chi connectivity index (χ0n) is 10.8. The summed E-state index contributed by atoms with van der Waals surface area (Å²) in [5.41, 5.74) is 0. The molecule has 0 saturated carbocycles. The van der Waals surface area contributed by atoms with Gasteiger partial charge in [0.15, 0.2) is 0 Å². The van der Waals surface area contributed by atoms with Gasteiger partial charge < -0.3 is 5.11 Å². The Bertz CT molecular complexity index is 187. The summed E-state index contributed by atoms with van der Waals surface area (Å²) >= 11 is 0. The molecule has 0 spiro atoms. The van der Waals surface area contributed by atoms with E-state index in [0.717, 1.165) is 19.3 Å². The summed E-state index contributed by atoms with van der Waals surface area (Å²) in [6.45, 7) is 10.7. The van der Waals surface area contributed by atoms with E-state index in [4.69, 9.17) is 5.11 Å². The van der Waals surface area contributed by atoms with Crippen LogP contribution in [0.3, 0.4) is 0 Å². The Labute approximate surface area is 94.1 Å². The Morgan fingerprint density at radius 2 is 1.67 bits per heavy atom. The minimum absolute atomic E-state index is 0.156. The van der Waals surface area contributed by atoms with Crippen molar-refractivity contribution in [3.05, 3.63) is 0 Å². The van der Waals surface area contributed by atoms with Crippen LogP contribution in [0.5, 0.6) is 0 Å². The van der Waals surface area contributed by atoms with Crippen molar-refractivity contribution in [2.24, 2.45) is 23.7 Å². The van der Waals surface area contributed by atoms with Gasteiger partial charge in [-0.15, -0.1) is 0 Å². The number of rotatable bonds is 7. The highest BCUT2D eigenvalue weighted by atomic mass is 16.4. The van der Waals surface area contributed by atoms with Gasteiger partial charge in [-0.3, -0.25) is 4.79 Å². The zero-order chi connectivity index (χ0) is 12.0. The van der Waals surface area contributed by atoms with Gasteiger partial charge in [-0.25, -0.2) is 0 Å². The van der Waals surface area contributed by atoms with E-state index in [1.165, 1.54) is 0 Å². The van der Waals surface area contributed by atoms with E-state index < -0.39 is 5.97 Å². The zero-order valence-corrected chi connectivity index (χ0v) is 10.8. The fraction of sp³-hybridized carbons (Fsp3) is 0.923. The normalized spacial score (nSPS) is 17.5. The monoisotopic (exact) mass is 214 g/mol. The molecule has 0 aliphatic rings. The molecule has 0 radical (unpaired) electrons. The average molecular weight is 214 g/mol. The highest BCUT2D eigenvalue weighted by Gasteiger charge is 2.26. The van der Waals surface area contributed by atoms with Gasteiger partial charge in [-0.2, -0.15) is 0 Å². The number of aliphatic carboxylic acids is 1. The van der Waals surface area contributed by atoms with Gasteiger partial charge in [0.2, 0.25) is 0 Å². The van der Waals surface area contributed by atoms with Gasteiger partial charge in [0.05, 0.1) is 5.92 Å². The minimum Gasteiger partial charge on any atom is -0.481 e. The van der Waals surface area contributed by atoms with Gasteiger partial charge in [0, 0.05) is 0 Å². The molecule has 1 N–H and O–H groups in total. The maximum atomic E-state index is 11.1. The Balaban J connectivity index is 4.39. The summed E-state index contributed by atoms with van der Waals surface area (Å²) < 4.78 is 0. The molecule has 2 heteroatoms. The van der Waals surface area contributed by atoms with Gasteiger partial charge in [0.1, 0.15) is 0 Å². The van der Waals surface area contributed by atoms with Crippen LogP contribution in [0.25, 0.3) is 0 Å². The lowest BCUT2D eigenvalue weighted by Gasteiger charge is -2.26. The van der Waals surface area contributed by atoms with Crippen LogP contribution in [-0.4, -0.2) is 11.1 Å². The lowest BCUT2D eigenvalue weighted by Crippen LogP contribution is -2.25. The van der Waals surface area contributed by atoms with E-state index >= 15 is 0 Å².